The second kappa shape index (κ2) is 6.94. The molecule has 0 spiro atoms. The molecule has 1 amide bonds. The lowest BCUT2D eigenvalue weighted by atomic mass is 10.3. The van der Waals surface area contributed by atoms with Crippen LogP contribution in [0.4, 0.5) is 0 Å². The number of carboxylic acid groups (broad SMARTS) is 1. The first kappa shape index (κ1) is 15.1. The lowest BCUT2D eigenvalue weighted by molar-refractivity contribution is -0.137. The van der Waals surface area contributed by atoms with E-state index in [9.17, 15) is 9.59 Å². The van der Waals surface area contributed by atoms with Gasteiger partial charge in [-0.05, 0) is 18.6 Å². The first-order valence-corrected chi connectivity index (χ1v) is 7.30. The van der Waals surface area contributed by atoms with E-state index in [1.807, 2.05) is 19.1 Å². The molecule has 0 aliphatic rings. The monoisotopic (exact) mass is 305 g/mol. The number of aromatic nitrogens is 2. The van der Waals surface area contributed by atoms with Crippen LogP contribution in [0.25, 0.3) is 10.6 Å². The van der Waals surface area contributed by atoms with E-state index in [1.54, 1.807) is 12.4 Å². The van der Waals surface area contributed by atoms with Crippen molar-refractivity contribution in [3.8, 4) is 10.6 Å². The van der Waals surface area contributed by atoms with Crippen LogP contribution in [0.5, 0.6) is 0 Å². The van der Waals surface area contributed by atoms with Crippen LogP contribution in [0.15, 0.2) is 30.7 Å². The second-order valence-electron chi connectivity index (χ2n) is 4.39. The summed E-state index contributed by atoms with van der Waals surface area (Å²) in [7, 11) is 0. The summed E-state index contributed by atoms with van der Waals surface area (Å²) in [6, 6.07) is 3.63. The van der Waals surface area contributed by atoms with Crippen molar-refractivity contribution < 1.29 is 14.7 Å². The maximum atomic E-state index is 12.3. The zero-order valence-corrected chi connectivity index (χ0v) is 12.3. The molecule has 21 heavy (non-hydrogen) atoms. The zero-order chi connectivity index (χ0) is 15.2. The maximum Gasteiger partial charge on any atom is 0.323 e. The van der Waals surface area contributed by atoms with Gasteiger partial charge >= 0.3 is 5.97 Å². The van der Waals surface area contributed by atoms with Gasteiger partial charge in [0.1, 0.15) is 16.4 Å². The highest BCUT2D eigenvalue weighted by Gasteiger charge is 2.20. The Morgan fingerprint density at radius 3 is 2.67 bits per heavy atom. The van der Waals surface area contributed by atoms with Gasteiger partial charge in [0.2, 0.25) is 0 Å². The van der Waals surface area contributed by atoms with Gasteiger partial charge in [-0.3, -0.25) is 14.6 Å². The number of carboxylic acids is 1. The lowest BCUT2D eigenvalue weighted by Gasteiger charge is -2.18. The molecule has 1 N–H and O–H groups in total. The Kier molecular flexibility index (Phi) is 4.99. The number of nitrogens with zero attached hydrogens (tertiary/aromatic N) is 3. The number of carbonyl (C=O) groups is 2. The fraction of sp³-hybridized carbons (Fsp3) is 0.286. The molecule has 2 aromatic heterocycles. The number of aliphatic carboxylic acids is 1. The quantitative estimate of drug-likeness (QED) is 0.884. The Balaban J connectivity index is 2.19. The summed E-state index contributed by atoms with van der Waals surface area (Å²) >= 11 is 1.25. The second-order valence-corrected chi connectivity index (χ2v) is 5.42. The molecule has 0 bridgehead atoms. The van der Waals surface area contributed by atoms with Gasteiger partial charge < -0.3 is 10.0 Å². The fourth-order valence-corrected chi connectivity index (χ4v) is 2.73. The van der Waals surface area contributed by atoms with E-state index in [0.29, 0.717) is 22.9 Å². The van der Waals surface area contributed by atoms with Gasteiger partial charge in [-0.15, -0.1) is 11.3 Å². The first-order valence-electron chi connectivity index (χ1n) is 6.49. The summed E-state index contributed by atoms with van der Waals surface area (Å²) in [5.74, 6) is -1.31. The highest BCUT2D eigenvalue weighted by Crippen LogP contribution is 2.25. The number of carbonyl (C=O) groups excluding carboxylic acids is 1. The number of hydrogen-bond donors (Lipinski definition) is 1. The minimum atomic E-state index is -1.02. The molecule has 0 unspecified atom stereocenters. The third kappa shape index (κ3) is 3.85. The topological polar surface area (TPSA) is 83.4 Å². The summed E-state index contributed by atoms with van der Waals surface area (Å²) < 4.78 is 0. The molecule has 0 saturated heterocycles. The summed E-state index contributed by atoms with van der Waals surface area (Å²) in [6.45, 7) is 2.01. The lowest BCUT2D eigenvalue weighted by Crippen LogP contribution is -2.35. The van der Waals surface area contributed by atoms with Crippen LogP contribution < -0.4 is 0 Å². The molecular formula is C14H15N3O3S. The van der Waals surface area contributed by atoms with Crippen molar-refractivity contribution in [3.05, 3.63) is 35.6 Å². The Morgan fingerprint density at radius 2 is 2.05 bits per heavy atom. The molecule has 2 heterocycles. The third-order valence-corrected chi connectivity index (χ3v) is 3.79. The number of thiazole rings is 1. The molecule has 2 rings (SSSR count). The van der Waals surface area contributed by atoms with Crippen molar-refractivity contribution in [2.75, 3.05) is 13.1 Å². The average Bonchev–Trinajstić information content (AvgIpc) is 2.96. The van der Waals surface area contributed by atoms with E-state index in [2.05, 4.69) is 9.97 Å². The summed E-state index contributed by atoms with van der Waals surface area (Å²) in [6.07, 6.45) is 5.51. The first-order chi connectivity index (χ1) is 10.1. The summed E-state index contributed by atoms with van der Waals surface area (Å²) in [4.78, 5) is 33.1. The van der Waals surface area contributed by atoms with E-state index in [0.717, 1.165) is 5.56 Å². The van der Waals surface area contributed by atoms with Crippen molar-refractivity contribution in [3.63, 3.8) is 0 Å². The Labute approximate surface area is 126 Å². The largest absolute Gasteiger partial charge is 0.480 e. The molecule has 0 aromatic carbocycles. The van der Waals surface area contributed by atoms with Crippen LogP contribution in [-0.2, 0) is 4.79 Å². The van der Waals surface area contributed by atoms with Gasteiger partial charge in [0.15, 0.2) is 0 Å². The minimum Gasteiger partial charge on any atom is -0.480 e. The van der Waals surface area contributed by atoms with Crippen LogP contribution in [0, 0.1) is 0 Å². The van der Waals surface area contributed by atoms with Gasteiger partial charge in [-0.25, -0.2) is 4.98 Å². The van der Waals surface area contributed by atoms with Crippen molar-refractivity contribution in [2.24, 2.45) is 0 Å². The molecular weight excluding hydrogens is 290 g/mol. The molecule has 0 radical (unpaired) electrons. The van der Waals surface area contributed by atoms with E-state index in [1.165, 1.54) is 22.4 Å². The Morgan fingerprint density at radius 1 is 1.33 bits per heavy atom. The van der Waals surface area contributed by atoms with Crippen LogP contribution in [0.1, 0.15) is 23.0 Å². The van der Waals surface area contributed by atoms with Crippen LogP contribution in [0.2, 0.25) is 0 Å². The van der Waals surface area contributed by atoms with Crippen LogP contribution in [-0.4, -0.2) is 44.9 Å². The molecule has 0 saturated carbocycles. The summed E-state index contributed by atoms with van der Waals surface area (Å²) in [5.41, 5.74) is 0.884. The molecule has 0 atom stereocenters. The van der Waals surface area contributed by atoms with Gasteiger partial charge in [0, 0.05) is 24.5 Å². The Hall–Kier alpha value is -2.28. The van der Waals surface area contributed by atoms with Crippen molar-refractivity contribution in [1.82, 2.24) is 14.9 Å². The van der Waals surface area contributed by atoms with E-state index >= 15 is 0 Å². The van der Waals surface area contributed by atoms with Crippen molar-refractivity contribution in [1.29, 1.82) is 0 Å². The SMILES string of the molecule is CCCN(CC(=O)O)C(=O)c1cnc(-c2ccncc2)s1. The van der Waals surface area contributed by atoms with E-state index in [-0.39, 0.29) is 12.5 Å². The predicted octanol–water partition coefficient (Wildman–Crippen LogP) is 2.14. The normalized spacial score (nSPS) is 10.3. The van der Waals surface area contributed by atoms with Gasteiger partial charge in [0.25, 0.3) is 5.91 Å². The number of pyridine rings is 1. The van der Waals surface area contributed by atoms with Crippen molar-refractivity contribution in [2.45, 2.75) is 13.3 Å². The molecule has 7 heteroatoms. The van der Waals surface area contributed by atoms with Crippen molar-refractivity contribution >= 4 is 23.2 Å². The average molecular weight is 305 g/mol. The Bertz CT molecular complexity index is 627. The van der Waals surface area contributed by atoms with E-state index in [4.69, 9.17) is 5.11 Å². The molecule has 2 aromatic rings. The van der Waals surface area contributed by atoms with Crippen LogP contribution in [0.3, 0.4) is 0 Å². The molecule has 6 nitrogen and oxygen atoms in total. The fourth-order valence-electron chi connectivity index (χ4n) is 1.84. The van der Waals surface area contributed by atoms with Gasteiger partial charge in [-0.2, -0.15) is 0 Å². The highest BCUT2D eigenvalue weighted by atomic mass is 32.1. The van der Waals surface area contributed by atoms with Gasteiger partial charge in [-0.1, -0.05) is 6.92 Å². The minimum absolute atomic E-state index is 0.294. The predicted molar refractivity (Wildman–Crippen MR) is 79.2 cm³/mol. The molecule has 0 aliphatic heterocycles. The maximum absolute atomic E-state index is 12.3. The van der Waals surface area contributed by atoms with Gasteiger partial charge in [0.05, 0.1) is 6.20 Å². The van der Waals surface area contributed by atoms with Crippen LogP contribution >= 0.6 is 11.3 Å². The molecule has 0 aliphatic carbocycles. The number of hydrogen-bond acceptors (Lipinski definition) is 5. The summed E-state index contributed by atoms with van der Waals surface area (Å²) in [5, 5.41) is 9.59. The number of rotatable bonds is 6. The molecule has 110 valence electrons. The standard InChI is InChI=1S/C14H15N3O3S/c1-2-7-17(9-12(18)19)14(20)11-8-16-13(21-11)10-3-5-15-6-4-10/h3-6,8H,2,7,9H2,1H3,(H,18,19). The smallest absolute Gasteiger partial charge is 0.323 e. The molecule has 0 fully saturated rings. The number of amides is 1. The zero-order valence-electron chi connectivity index (χ0n) is 11.5. The van der Waals surface area contributed by atoms with E-state index < -0.39 is 5.97 Å². The highest BCUT2D eigenvalue weighted by molar-refractivity contribution is 7.16. The third-order valence-electron chi connectivity index (χ3n) is 2.75.